The molecule has 0 spiro atoms. The second-order valence-corrected chi connectivity index (χ2v) is 4.11. The summed E-state index contributed by atoms with van der Waals surface area (Å²) in [5.74, 6) is -1.06. The van der Waals surface area contributed by atoms with Gasteiger partial charge in [0.15, 0.2) is 0 Å². The number of carbonyl (C=O) groups is 2. The van der Waals surface area contributed by atoms with Crippen molar-refractivity contribution in [3.8, 4) is 0 Å². The van der Waals surface area contributed by atoms with E-state index in [1.807, 2.05) is 13.8 Å². The van der Waals surface area contributed by atoms with Crippen molar-refractivity contribution in [2.24, 2.45) is 0 Å². The van der Waals surface area contributed by atoms with E-state index < -0.39 is 23.7 Å². The zero-order chi connectivity index (χ0) is 13.5. The second kappa shape index (κ2) is 7.09. The monoisotopic (exact) mass is 233 g/mol. The van der Waals surface area contributed by atoms with E-state index in [2.05, 4.69) is 0 Å². The van der Waals surface area contributed by atoms with Gasteiger partial charge in [0.1, 0.15) is 11.6 Å². The number of nitrogens with zero attached hydrogens (tertiary/aromatic N) is 1. The van der Waals surface area contributed by atoms with Gasteiger partial charge in [0.25, 0.3) is 0 Å². The summed E-state index contributed by atoms with van der Waals surface area (Å²) in [6.07, 6.45) is -0.632. The summed E-state index contributed by atoms with van der Waals surface area (Å²) in [6.45, 7) is 10.6. The van der Waals surface area contributed by atoms with Crippen LogP contribution in [-0.4, -0.2) is 40.8 Å². The van der Waals surface area contributed by atoms with Gasteiger partial charge in [-0.3, -0.25) is 4.90 Å². The van der Waals surface area contributed by atoms with Crippen LogP contribution in [0, 0.1) is 0 Å². The molecule has 5 heteroatoms. The number of carbonyl (C=O) groups excluding carboxylic acids is 1. The maximum atomic E-state index is 11.3. The number of hydrogen-bond acceptors (Lipinski definition) is 3. The molecule has 0 heterocycles. The van der Waals surface area contributed by atoms with Gasteiger partial charge in [-0.15, -0.1) is 0 Å². The normalized spacial score (nSPS) is 11.9. The van der Waals surface area contributed by atoms with Gasteiger partial charge in [0.2, 0.25) is 0 Å². The lowest BCUT2D eigenvalue weighted by Gasteiger charge is -2.26. The van der Waals surface area contributed by atoms with Gasteiger partial charge in [0.05, 0.1) is 0 Å². The van der Waals surface area contributed by atoms with Crippen LogP contribution in [0.2, 0.25) is 0 Å². The molecule has 0 saturated heterocycles. The third kappa shape index (κ3) is 7.09. The zero-order valence-corrected chi connectivity index (χ0v) is 11.2. The molecule has 16 heavy (non-hydrogen) atoms. The van der Waals surface area contributed by atoms with Gasteiger partial charge in [-0.2, -0.15) is 0 Å². The first-order valence-electron chi connectivity index (χ1n) is 5.34. The first kappa shape index (κ1) is 17.1. The van der Waals surface area contributed by atoms with Crippen molar-refractivity contribution in [2.75, 3.05) is 7.05 Å². The minimum Gasteiger partial charge on any atom is -0.480 e. The molecule has 5 nitrogen and oxygen atoms in total. The number of aliphatic carboxylic acids is 1. The lowest BCUT2D eigenvalue weighted by Crippen LogP contribution is -2.43. The van der Waals surface area contributed by atoms with Crippen LogP contribution in [0.3, 0.4) is 0 Å². The predicted octanol–water partition coefficient (Wildman–Crippen LogP) is 2.35. The summed E-state index contributed by atoms with van der Waals surface area (Å²) in [7, 11) is 1.40. The summed E-state index contributed by atoms with van der Waals surface area (Å²) >= 11 is 0. The number of carboxylic acids is 1. The maximum absolute atomic E-state index is 11.3. The topological polar surface area (TPSA) is 66.8 Å². The molecule has 0 aliphatic rings. The second-order valence-electron chi connectivity index (χ2n) is 4.11. The standard InChI is InChI=1S/C9H17NO4.C2H6/c1-6(7(11)12)10(5)8(13)14-9(2,3)4;1-2/h6H,1-5H3,(H,11,12);1-2H3. The number of rotatable bonds is 2. The van der Waals surface area contributed by atoms with Gasteiger partial charge >= 0.3 is 12.1 Å². The summed E-state index contributed by atoms with van der Waals surface area (Å²) in [6, 6.07) is -0.884. The van der Waals surface area contributed by atoms with Crippen LogP contribution in [-0.2, 0) is 9.53 Å². The van der Waals surface area contributed by atoms with Gasteiger partial charge in [-0.05, 0) is 27.7 Å². The van der Waals surface area contributed by atoms with E-state index in [1.54, 1.807) is 20.8 Å². The van der Waals surface area contributed by atoms with E-state index >= 15 is 0 Å². The third-order valence-electron chi connectivity index (χ3n) is 1.62. The summed E-state index contributed by atoms with van der Waals surface area (Å²) in [5.41, 5.74) is -0.608. The van der Waals surface area contributed by atoms with Crippen molar-refractivity contribution >= 4 is 12.1 Å². The van der Waals surface area contributed by atoms with Crippen molar-refractivity contribution in [2.45, 2.75) is 53.2 Å². The quantitative estimate of drug-likeness (QED) is 0.795. The van der Waals surface area contributed by atoms with Crippen LogP contribution in [0.25, 0.3) is 0 Å². The highest BCUT2D eigenvalue weighted by Gasteiger charge is 2.26. The maximum Gasteiger partial charge on any atom is 0.410 e. The van der Waals surface area contributed by atoms with Crippen molar-refractivity contribution in [1.82, 2.24) is 4.90 Å². The Kier molecular flexibility index (Phi) is 7.59. The number of amides is 1. The number of hydrogen-bond donors (Lipinski definition) is 1. The Balaban J connectivity index is 0. The van der Waals surface area contributed by atoms with Crippen LogP contribution < -0.4 is 0 Å². The van der Waals surface area contributed by atoms with E-state index in [0.717, 1.165) is 4.90 Å². The number of likely N-dealkylation sites (N-methyl/N-ethyl adjacent to an activating group) is 1. The molecule has 0 radical (unpaired) electrons. The Labute approximate surface area is 97.4 Å². The first-order valence-corrected chi connectivity index (χ1v) is 5.34. The molecule has 1 atom stereocenters. The lowest BCUT2D eigenvalue weighted by molar-refractivity contribution is -0.141. The van der Waals surface area contributed by atoms with Gasteiger partial charge in [0, 0.05) is 7.05 Å². The predicted molar refractivity (Wildman–Crippen MR) is 62.4 cm³/mol. The van der Waals surface area contributed by atoms with Crippen LogP contribution in [0.1, 0.15) is 41.5 Å². The molecular formula is C11H23NO4. The molecule has 1 amide bonds. The van der Waals surface area contributed by atoms with Gasteiger partial charge in [-0.25, -0.2) is 9.59 Å². The molecule has 0 aromatic heterocycles. The lowest BCUT2D eigenvalue weighted by atomic mass is 10.2. The number of carboxylic acid groups (broad SMARTS) is 1. The Hall–Kier alpha value is -1.26. The molecule has 0 aliphatic heterocycles. The SMILES string of the molecule is CC.CC(C(=O)O)N(C)C(=O)OC(C)(C)C. The van der Waals surface area contributed by atoms with E-state index in [9.17, 15) is 9.59 Å². The smallest absolute Gasteiger partial charge is 0.410 e. The Morgan fingerprint density at radius 3 is 1.88 bits per heavy atom. The fourth-order valence-electron chi connectivity index (χ4n) is 0.658. The Morgan fingerprint density at radius 1 is 1.25 bits per heavy atom. The Bertz CT molecular complexity index is 233. The molecule has 1 unspecified atom stereocenters. The number of ether oxygens (including phenoxy) is 1. The highest BCUT2D eigenvalue weighted by atomic mass is 16.6. The fourth-order valence-corrected chi connectivity index (χ4v) is 0.658. The van der Waals surface area contributed by atoms with E-state index in [4.69, 9.17) is 9.84 Å². The molecule has 0 aromatic carbocycles. The van der Waals surface area contributed by atoms with Crippen molar-refractivity contribution in [1.29, 1.82) is 0 Å². The molecule has 96 valence electrons. The summed E-state index contributed by atoms with van der Waals surface area (Å²) in [5, 5.41) is 8.65. The molecule has 0 saturated carbocycles. The molecule has 0 rings (SSSR count). The molecule has 0 aromatic rings. The highest BCUT2D eigenvalue weighted by Crippen LogP contribution is 2.10. The molecule has 0 fully saturated rings. The van der Waals surface area contributed by atoms with Gasteiger partial charge in [-0.1, -0.05) is 13.8 Å². The third-order valence-corrected chi connectivity index (χ3v) is 1.62. The van der Waals surface area contributed by atoms with Crippen molar-refractivity contribution < 1.29 is 19.4 Å². The van der Waals surface area contributed by atoms with Crippen LogP contribution >= 0.6 is 0 Å². The molecule has 1 N–H and O–H groups in total. The van der Waals surface area contributed by atoms with Gasteiger partial charge < -0.3 is 9.84 Å². The summed E-state index contributed by atoms with van der Waals surface area (Å²) in [4.78, 5) is 23.0. The zero-order valence-electron chi connectivity index (χ0n) is 11.2. The van der Waals surface area contributed by atoms with E-state index in [0.29, 0.717) is 0 Å². The van der Waals surface area contributed by atoms with Crippen molar-refractivity contribution in [3.63, 3.8) is 0 Å². The Morgan fingerprint density at radius 2 is 1.62 bits per heavy atom. The van der Waals surface area contributed by atoms with Crippen LogP contribution in [0.15, 0.2) is 0 Å². The minimum atomic E-state index is -1.06. The molecule has 0 bridgehead atoms. The van der Waals surface area contributed by atoms with Crippen LogP contribution in [0.5, 0.6) is 0 Å². The van der Waals surface area contributed by atoms with Crippen LogP contribution in [0.4, 0.5) is 4.79 Å². The molecular weight excluding hydrogens is 210 g/mol. The van der Waals surface area contributed by atoms with E-state index in [-0.39, 0.29) is 0 Å². The first-order chi connectivity index (χ1) is 7.15. The summed E-state index contributed by atoms with van der Waals surface area (Å²) < 4.78 is 4.99. The molecule has 0 aliphatic carbocycles. The largest absolute Gasteiger partial charge is 0.480 e. The fraction of sp³-hybridized carbons (Fsp3) is 0.818. The average molecular weight is 233 g/mol. The highest BCUT2D eigenvalue weighted by molar-refractivity contribution is 5.79. The minimum absolute atomic E-state index is 0.608. The van der Waals surface area contributed by atoms with E-state index in [1.165, 1.54) is 14.0 Å². The average Bonchev–Trinajstić information content (AvgIpc) is 2.15. The van der Waals surface area contributed by atoms with Crippen molar-refractivity contribution in [3.05, 3.63) is 0 Å².